The fourth-order valence-electron chi connectivity index (χ4n) is 3.55. The van der Waals surface area contributed by atoms with Gasteiger partial charge in [-0.25, -0.2) is 8.42 Å². The lowest BCUT2D eigenvalue weighted by atomic mass is 10.1. The van der Waals surface area contributed by atoms with Crippen molar-refractivity contribution in [3.05, 3.63) is 64.2 Å². The van der Waals surface area contributed by atoms with Crippen molar-refractivity contribution in [2.45, 2.75) is 59.7 Å². The molecule has 186 valence electrons. The van der Waals surface area contributed by atoms with Gasteiger partial charge in [0, 0.05) is 17.1 Å². The van der Waals surface area contributed by atoms with E-state index in [9.17, 15) is 18.0 Å². The molecule has 1 N–H and O–H groups in total. The highest BCUT2D eigenvalue weighted by Gasteiger charge is 2.32. The van der Waals surface area contributed by atoms with Crippen LogP contribution >= 0.6 is 11.6 Å². The number of nitrogens with one attached hydrogen (secondary N) is 1. The maximum Gasteiger partial charge on any atom is 0.244 e. The van der Waals surface area contributed by atoms with E-state index in [0.717, 1.165) is 21.7 Å². The molecule has 0 unspecified atom stereocenters. The van der Waals surface area contributed by atoms with E-state index >= 15 is 0 Å². The summed E-state index contributed by atoms with van der Waals surface area (Å²) >= 11 is 6.33. The number of hydrogen-bond donors (Lipinski definition) is 1. The lowest BCUT2D eigenvalue weighted by molar-refractivity contribution is -0.140. The highest BCUT2D eigenvalue weighted by atomic mass is 35.5. The van der Waals surface area contributed by atoms with Crippen molar-refractivity contribution >= 4 is 39.1 Å². The summed E-state index contributed by atoms with van der Waals surface area (Å²) in [7, 11) is -3.78. The maximum atomic E-state index is 13.6. The van der Waals surface area contributed by atoms with Crippen molar-refractivity contribution in [3.63, 3.8) is 0 Å². The van der Waals surface area contributed by atoms with Crippen LogP contribution in [0.5, 0.6) is 0 Å². The predicted octanol–water partition coefficient (Wildman–Crippen LogP) is 4.05. The van der Waals surface area contributed by atoms with Gasteiger partial charge < -0.3 is 10.2 Å². The molecule has 0 fully saturated rings. The number of anilines is 1. The van der Waals surface area contributed by atoms with Crippen LogP contribution in [0.1, 0.15) is 44.4 Å². The zero-order valence-corrected chi connectivity index (χ0v) is 22.4. The third kappa shape index (κ3) is 7.46. The van der Waals surface area contributed by atoms with Gasteiger partial charge >= 0.3 is 0 Å². The Morgan fingerprint density at radius 1 is 1.09 bits per heavy atom. The highest BCUT2D eigenvalue weighted by molar-refractivity contribution is 7.92. The molecule has 2 rings (SSSR count). The quantitative estimate of drug-likeness (QED) is 0.583. The van der Waals surface area contributed by atoms with Crippen LogP contribution in [0.25, 0.3) is 0 Å². The van der Waals surface area contributed by atoms with Gasteiger partial charge in [-0.05, 0) is 64.8 Å². The molecule has 0 radical (unpaired) electrons. The van der Waals surface area contributed by atoms with Gasteiger partial charge in [0.05, 0.1) is 11.9 Å². The summed E-state index contributed by atoms with van der Waals surface area (Å²) in [5.74, 6) is -0.854. The molecule has 9 heteroatoms. The van der Waals surface area contributed by atoms with E-state index in [1.54, 1.807) is 50.2 Å². The van der Waals surface area contributed by atoms with Gasteiger partial charge in [0.15, 0.2) is 0 Å². The topological polar surface area (TPSA) is 86.8 Å². The first-order valence-corrected chi connectivity index (χ1v) is 13.2. The molecular weight excluding hydrogens is 474 g/mol. The number of sulfonamides is 1. The molecule has 0 aliphatic heterocycles. The minimum Gasteiger partial charge on any atom is -0.350 e. The molecule has 0 saturated carbocycles. The molecule has 0 saturated heterocycles. The fourth-order valence-corrected chi connectivity index (χ4v) is 4.65. The molecule has 2 aromatic carbocycles. The number of amides is 2. The van der Waals surface area contributed by atoms with Crippen molar-refractivity contribution in [2.24, 2.45) is 0 Å². The molecule has 0 aromatic heterocycles. The molecule has 0 spiro atoms. The van der Waals surface area contributed by atoms with Gasteiger partial charge in [-0.1, -0.05) is 47.5 Å². The number of carbonyl (C=O) groups excluding carboxylic acids is 2. The van der Waals surface area contributed by atoms with E-state index in [0.29, 0.717) is 16.3 Å². The zero-order valence-electron chi connectivity index (χ0n) is 20.8. The molecule has 0 heterocycles. The van der Waals surface area contributed by atoms with Crippen LogP contribution in [0.2, 0.25) is 5.02 Å². The van der Waals surface area contributed by atoms with Crippen LogP contribution in [-0.4, -0.2) is 49.5 Å². The van der Waals surface area contributed by atoms with E-state index in [1.807, 2.05) is 33.8 Å². The second-order valence-electron chi connectivity index (χ2n) is 9.59. The Bertz CT molecular complexity index is 1160. The van der Waals surface area contributed by atoms with E-state index < -0.39 is 34.1 Å². The average Bonchev–Trinajstić information content (AvgIpc) is 2.69. The molecule has 34 heavy (non-hydrogen) atoms. The molecule has 1 atom stereocenters. The van der Waals surface area contributed by atoms with Gasteiger partial charge in [0.1, 0.15) is 12.6 Å². The van der Waals surface area contributed by atoms with Crippen LogP contribution in [0.3, 0.4) is 0 Å². The largest absolute Gasteiger partial charge is 0.350 e. The lowest BCUT2D eigenvalue weighted by Gasteiger charge is -2.33. The first-order chi connectivity index (χ1) is 15.6. The van der Waals surface area contributed by atoms with Crippen LogP contribution < -0.4 is 9.62 Å². The second-order valence-corrected chi connectivity index (χ2v) is 11.9. The van der Waals surface area contributed by atoms with E-state index in [4.69, 9.17) is 11.6 Å². The Hall–Kier alpha value is -2.58. The van der Waals surface area contributed by atoms with Crippen molar-refractivity contribution < 1.29 is 18.0 Å². The normalized spacial score (nSPS) is 12.7. The number of benzene rings is 2. The van der Waals surface area contributed by atoms with Crippen molar-refractivity contribution in [1.82, 2.24) is 10.2 Å². The third-order valence-electron chi connectivity index (χ3n) is 5.26. The zero-order chi connectivity index (χ0) is 25.8. The van der Waals surface area contributed by atoms with Gasteiger partial charge in [-0.3, -0.25) is 13.9 Å². The number of hydrogen-bond acceptors (Lipinski definition) is 4. The Morgan fingerprint density at radius 2 is 1.71 bits per heavy atom. The molecule has 2 amide bonds. The summed E-state index contributed by atoms with van der Waals surface area (Å²) in [5, 5.41) is 3.34. The standard InChI is InChI=1S/C25H34ClN3O4S/c1-17-12-13-22(18(2)14-17)29(34(7,32)33)16-23(30)28(15-20-10-8-9-11-21(20)26)19(3)24(31)27-25(4,5)6/h8-14,19H,15-16H2,1-7H3,(H,27,31)/t19-/m0/s1. The van der Waals surface area contributed by atoms with Crippen molar-refractivity contribution in [1.29, 1.82) is 0 Å². The highest BCUT2D eigenvalue weighted by Crippen LogP contribution is 2.25. The molecule has 7 nitrogen and oxygen atoms in total. The van der Waals surface area contributed by atoms with Gasteiger partial charge in [-0.2, -0.15) is 0 Å². The van der Waals surface area contributed by atoms with Crippen LogP contribution in [0.15, 0.2) is 42.5 Å². The Morgan fingerprint density at radius 3 is 2.24 bits per heavy atom. The summed E-state index contributed by atoms with van der Waals surface area (Å²) in [6.07, 6.45) is 1.06. The summed E-state index contributed by atoms with van der Waals surface area (Å²) in [6.45, 7) is 10.5. The molecular formula is C25H34ClN3O4S. The van der Waals surface area contributed by atoms with Crippen molar-refractivity contribution in [3.8, 4) is 0 Å². The van der Waals surface area contributed by atoms with Gasteiger partial charge in [0.25, 0.3) is 0 Å². The molecule has 2 aromatic rings. The first kappa shape index (κ1) is 27.7. The van der Waals surface area contributed by atoms with Crippen LogP contribution in [0, 0.1) is 13.8 Å². The van der Waals surface area contributed by atoms with Crippen molar-refractivity contribution in [2.75, 3.05) is 17.1 Å². The monoisotopic (exact) mass is 507 g/mol. The third-order valence-corrected chi connectivity index (χ3v) is 6.76. The number of carbonyl (C=O) groups is 2. The summed E-state index contributed by atoms with van der Waals surface area (Å²) < 4.78 is 26.5. The molecule has 0 aliphatic rings. The number of rotatable bonds is 8. The van der Waals surface area contributed by atoms with Crippen LogP contribution in [-0.2, 0) is 26.2 Å². The Balaban J connectivity index is 2.45. The Labute approximate surface area is 208 Å². The summed E-state index contributed by atoms with van der Waals surface area (Å²) in [5.41, 5.74) is 2.29. The van der Waals surface area contributed by atoms with Crippen LogP contribution in [0.4, 0.5) is 5.69 Å². The maximum absolute atomic E-state index is 13.6. The van der Waals surface area contributed by atoms with Gasteiger partial charge in [0.2, 0.25) is 21.8 Å². The Kier molecular flexibility index (Phi) is 8.77. The molecule has 0 bridgehead atoms. The second kappa shape index (κ2) is 10.8. The average molecular weight is 508 g/mol. The number of halogens is 1. The fraction of sp³-hybridized carbons (Fsp3) is 0.440. The van der Waals surface area contributed by atoms with E-state index in [2.05, 4.69) is 5.32 Å². The lowest BCUT2D eigenvalue weighted by Crippen LogP contribution is -2.54. The minimum absolute atomic E-state index is 0.0573. The van der Waals surface area contributed by atoms with E-state index in [-0.39, 0.29) is 12.5 Å². The van der Waals surface area contributed by atoms with E-state index in [1.165, 1.54) is 4.90 Å². The SMILES string of the molecule is Cc1ccc(N(CC(=O)N(Cc2ccccc2Cl)[C@@H](C)C(=O)NC(C)(C)C)S(C)(=O)=O)c(C)c1. The smallest absolute Gasteiger partial charge is 0.244 e. The molecule has 0 aliphatic carbocycles. The van der Waals surface area contributed by atoms with Gasteiger partial charge in [-0.15, -0.1) is 0 Å². The number of aryl methyl sites for hydroxylation is 2. The first-order valence-electron chi connectivity index (χ1n) is 11.0. The minimum atomic E-state index is -3.78. The summed E-state index contributed by atoms with van der Waals surface area (Å²) in [4.78, 5) is 27.9. The predicted molar refractivity (Wildman–Crippen MR) is 137 cm³/mol. The number of nitrogens with zero attached hydrogens (tertiary/aromatic N) is 2. The summed E-state index contributed by atoms with van der Waals surface area (Å²) in [6, 6.07) is 11.5.